The van der Waals surface area contributed by atoms with Crippen LogP contribution >= 0.6 is 0 Å². The molecular weight excluding hydrogens is 563 g/mol. The molecule has 0 atom stereocenters. The Morgan fingerprint density at radius 1 is 0.611 bits per heavy atom. The fraction of sp³-hybridized carbons (Fsp3) is 0.438. The van der Waals surface area contributed by atoms with Gasteiger partial charge in [-0.1, -0.05) is 0 Å². The second-order valence-electron chi connectivity index (χ2n) is 6.46. The third kappa shape index (κ3) is 4.48. The molecule has 3 nitrogen and oxygen atoms in total. The number of allylic oxidation sites excluding steroid dienone is 1. The Morgan fingerprint density at radius 2 is 0.972 bits per heavy atom. The van der Waals surface area contributed by atoms with Crippen LogP contribution in [0, 0.1) is 0 Å². The van der Waals surface area contributed by atoms with Crippen molar-refractivity contribution in [1.29, 1.82) is 0 Å². The third-order valence-corrected chi connectivity index (χ3v) is 4.08. The minimum atomic E-state index is -8.67. The summed E-state index contributed by atoms with van der Waals surface area (Å²) in [5.41, 5.74) is -0.623. The first-order valence-corrected chi connectivity index (χ1v) is 8.12. The Kier molecular flexibility index (Phi) is 7.64. The van der Waals surface area contributed by atoms with Crippen LogP contribution in [-0.4, -0.2) is 52.8 Å². The van der Waals surface area contributed by atoms with Gasteiger partial charge in [-0.15, -0.1) is 0 Å². The SMILES string of the molecule is O=C(O)c1ccc(O/C(F)=C(\F)C(F)(F)C(F)(F)C(F)(F)C(F)(F)C(F)(F)C(F)(F)C(F)(F)F)cc1. The molecule has 0 spiro atoms. The molecule has 0 amide bonds. The molecule has 1 aromatic carbocycles. The highest BCUT2D eigenvalue weighted by molar-refractivity contribution is 5.87. The lowest BCUT2D eigenvalue weighted by molar-refractivity contribution is -0.451. The van der Waals surface area contributed by atoms with Gasteiger partial charge < -0.3 is 9.84 Å². The summed E-state index contributed by atoms with van der Waals surface area (Å²) in [5, 5.41) is 8.57. The number of hydrogen-bond donors (Lipinski definition) is 1. The van der Waals surface area contributed by atoms with Gasteiger partial charge in [-0.05, 0) is 24.3 Å². The number of halogens is 17. The van der Waals surface area contributed by atoms with Crippen molar-refractivity contribution in [2.45, 2.75) is 41.7 Å². The average molecular weight is 568 g/mol. The highest BCUT2D eigenvalue weighted by Crippen LogP contribution is 2.63. The fourth-order valence-corrected chi connectivity index (χ4v) is 2.04. The molecule has 20 heteroatoms. The molecule has 0 unspecified atom stereocenters. The van der Waals surface area contributed by atoms with Crippen LogP contribution in [0.3, 0.4) is 0 Å². The van der Waals surface area contributed by atoms with Gasteiger partial charge in [-0.25, -0.2) is 4.79 Å². The maximum absolute atomic E-state index is 13.6. The van der Waals surface area contributed by atoms with Crippen molar-refractivity contribution < 1.29 is 89.3 Å². The first kappa shape index (κ1) is 31.1. The van der Waals surface area contributed by atoms with Crippen molar-refractivity contribution in [3.05, 3.63) is 41.7 Å². The van der Waals surface area contributed by atoms with Crippen LogP contribution in [0.1, 0.15) is 10.4 Å². The third-order valence-electron chi connectivity index (χ3n) is 4.08. The maximum atomic E-state index is 13.6. The summed E-state index contributed by atoms with van der Waals surface area (Å²) in [4.78, 5) is 10.6. The van der Waals surface area contributed by atoms with Crippen LogP contribution in [0.4, 0.5) is 74.6 Å². The van der Waals surface area contributed by atoms with E-state index in [2.05, 4.69) is 4.74 Å². The van der Waals surface area contributed by atoms with Gasteiger partial charge in [0.2, 0.25) is 5.83 Å². The zero-order chi connectivity index (χ0) is 28.9. The molecule has 206 valence electrons. The van der Waals surface area contributed by atoms with Crippen LogP contribution in [-0.2, 0) is 0 Å². The van der Waals surface area contributed by atoms with E-state index in [1.807, 2.05) is 0 Å². The van der Waals surface area contributed by atoms with Gasteiger partial charge >= 0.3 is 53.7 Å². The molecule has 0 saturated heterocycles. The number of aromatic carboxylic acids is 1. The van der Waals surface area contributed by atoms with Crippen molar-refractivity contribution in [3.63, 3.8) is 0 Å². The number of benzene rings is 1. The number of carboxylic acid groups (broad SMARTS) is 1. The number of carboxylic acids is 1. The molecule has 0 bridgehead atoms. The van der Waals surface area contributed by atoms with Crippen LogP contribution in [0.2, 0.25) is 0 Å². The van der Waals surface area contributed by atoms with Crippen molar-refractivity contribution in [2.24, 2.45) is 0 Å². The minimum Gasteiger partial charge on any atom is -0.478 e. The molecule has 0 saturated carbocycles. The summed E-state index contributed by atoms with van der Waals surface area (Å²) in [6.07, 6.45) is -7.81. The Hall–Kier alpha value is -2.96. The Labute approximate surface area is 185 Å². The highest BCUT2D eigenvalue weighted by Gasteiger charge is 2.93. The number of alkyl halides is 15. The summed E-state index contributed by atoms with van der Waals surface area (Å²) >= 11 is 0. The zero-order valence-electron chi connectivity index (χ0n) is 16.0. The highest BCUT2D eigenvalue weighted by atomic mass is 19.4. The van der Waals surface area contributed by atoms with E-state index < -0.39 is 70.8 Å². The molecule has 1 N–H and O–H groups in total. The molecular formula is C16H5F17O3. The quantitative estimate of drug-likeness (QED) is 0.252. The van der Waals surface area contributed by atoms with E-state index in [1.54, 1.807) is 0 Å². The molecule has 1 aromatic rings. The predicted molar refractivity (Wildman–Crippen MR) is 79.0 cm³/mol. The van der Waals surface area contributed by atoms with E-state index in [0.29, 0.717) is 24.3 Å². The standard InChI is InChI=1S/C16H5F17O3/c17-7(8(18)36-6-3-1-5(2-4-6)9(34)35)10(19,20)11(21,22)12(23,24)13(25,26)14(27,28)15(29,30)16(31,32)33/h1-4H,(H,34,35)/b8-7-. The second-order valence-corrected chi connectivity index (χ2v) is 6.46. The molecule has 0 aliphatic carbocycles. The van der Waals surface area contributed by atoms with Crippen LogP contribution < -0.4 is 4.74 Å². The van der Waals surface area contributed by atoms with Crippen LogP contribution in [0.15, 0.2) is 36.1 Å². The number of ether oxygens (including phenoxy) is 1. The lowest BCUT2D eigenvalue weighted by atomic mass is 9.91. The minimum absolute atomic E-state index is 0.328. The molecule has 0 aliphatic heterocycles. The number of hydrogen-bond acceptors (Lipinski definition) is 2. The molecule has 0 radical (unpaired) electrons. The fourth-order valence-electron chi connectivity index (χ4n) is 2.04. The first-order chi connectivity index (χ1) is 15.7. The van der Waals surface area contributed by atoms with E-state index in [9.17, 15) is 79.4 Å². The Bertz CT molecular complexity index is 1010. The summed E-state index contributed by atoms with van der Waals surface area (Å²) in [6.45, 7) is 0. The van der Waals surface area contributed by atoms with Gasteiger partial charge in [0.1, 0.15) is 5.75 Å². The maximum Gasteiger partial charge on any atom is 0.460 e. The molecule has 36 heavy (non-hydrogen) atoms. The van der Waals surface area contributed by atoms with Gasteiger partial charge in [-0.2, -0.15) is 74.6 Å². The van der Waals surface area contributed by atoms with Crippen molar-refractivity contribution >= 4 is 5.97 Å². The van der Waals surface area contributed by atoms with E-state index >= 15 is 0 Å². The molecule has 0 aliphatic rings. The van der Waals surface area contributed by atoms with E-state index in [1.165, 1.54) is 0 Å². The predicted octanol–water partition coefficient (Wildman–Crippen LogP) is 7.25. The lowest BCUT2D eigenvalue weighted by Gasteiger charge is -2.41. The van der Waals surface area contributed by atoms with E-state index in [-0.39, 0.29) is 0 Å². The zero-order valence-corrected chi connectivity index (χ0v) is 16.0. The van der Waals surface area contributed by atoms with Gasteiger partial charge in [-0.3, -0.25) is 0 Å². The Balaban J connectivity index is 3.54. The summed E-state index contributed by atoms with van der Waals surface area (Å²) in [5.74, 6) is -57.4. The van der Waals surface area contributed by atoms with Crippen molar-refractivity contribution in [2.75, 3.05) is 0 Å². The van der Waals surface area contributed by atoms with Gasteiger partial charge in [0, 0.05) is 0 Å². The summed E-state index contributed by atoms with van der Waals surface area (Å²) in [7, 11) is 0. The largest absolute Gasteiger partial charge is 0.478 e. The normalized spacial score (nSPS) is 15.5. The molecule has 0 fully saturated rings. The Morgan fingerprint density at radius 3 is 1.33 bits per heavy atom. The van der Waals surface area contributed by atoms with Crippen molar-refractivity contribution in [3.8, 4) is 5.75 Å². The summed E-state index contributed by atoms with van der Waals surface area (Å²) in [6, 6.07) is -1.99. The number of carbonyl (C=O) groups is 1. The van der Waals surface area contributed by atoms with Crippen LogP contribution in [0.25, 0.3) is 0 Å². The van der Waals surface area contributed by atoms with Gasteiger partial charge in [0.25, 0.3) is 0 Å². The van der Waals surface area contributed by atoms with Gasteiger partial charge in [0.05, 0.1) is 5.56 Å². The summed E-state index contributed by atoms with van der Waals surface area (Å²) < 4.78 is 226. The van der Waals surface area contributed by atoms with E-state index in [0.717, 1.165) is 0 Å². The number of rotatable bonds is 9. The molecule has 1 rings (SSSR count). The molecule has 0 heterocycles. The van der Waals surface area contributed by atoms with E-state index in [4.69, 9.17) is 5.11 Å². The smallest absolute Gasteiger partial charge is 0.460 e. The molecule has 0 aromatic heterocycles. The monoisotopic (exact) mass is 568 g/mol. The lowest BCUT2D eigenvalue weighted by Crippen LogP contribution is -2.72. The average Bonchev–Trinajstić information content (AvgIpc) is 2.71. The topological polar surface area (TPSA) is 46.5 Å². The van der Waals surface area contributed by atoms with Gasteiger partial charge in [0.15, 0.2) is 0 Å². The first-order valence-electron chi connectivity index (χ1n) is 8.12. The van der Waals surface area contributed by atoms with Crippen LogP contribution in [0.5, 0.6) is 5.75 Å². The van der Waals surface area contributed by atoms with Crippen molar-refractivity contribution in [1.82, 2.24) is 0 Å². The second kappa shape index (κ2) is 8.86.